The SMILES string of the molecule is COc1ccccc1-c1[nH]nc2ncc(-c3ncc(C(=O)N4CCOCC4)s3)cc12. The highest BCUT2D eigenvalue weighted by Crippen LogP contribution is 2.35. The molecule has 3 aromatic heterocycles. The van der Waals surface area contributed by atoms with E-state index >= 15 is 0 Å². The summed E-state index contributed by atoms with van der Waals surface area (Å²) in [4.78, 5) is 24.1. The Morgan fingerprint density at radius 3 is 2.87 bits per heavy atom. The van der Waals surface area contributed by atoms with Crippen molar-refractivity contribution in [2.75, 3.05) is 33.4 Å². The van der Waals surface area contributed by atoms with Crippen molar-refractivity contribution in [3.05, 3.63) is 47.6 Å². The van der Waals surface area contributed by atoms with Crippen LogP contribution < -0.4 is 4.74 Å². The van der Waals surface area contributed by atoms with Crippen molar-refractivity contribution in [1.29, 1.82) is 0 Å². The van der Waals surface area contributed by atoms with Crippen LogP contribution in [0.5, 0.6) is 5.75 Å². The Morgan fingerprint density at radius 2 is 2.03 bits per heavy atom. The molecule has 4 heterocycles. The molecule has 1 N–H and O–H groups in total. The number of aromatic nitrogens is 4. The van der Waals surface area contributed by atoms with Crippen molar-refractivity contribution < 1.29 is 14.3 Å². The standard InChI is InChI=1S/C21H19N5O3S/c1-28-16-5-3-2-4-14(16)18-15-10-13(11-22-19(15)25-24-18)20-23-12-17(30-20)21(27)26-6-8-29-9-7-26/h2-5,10-12H,6-9H2,1H3,(H,22,24,25). The number of carbonyl (C=O) groups excluding carboxylic acids is 1. The Bertz CT molecular complexity index is 1210. The molecule has 5 rings (SSSR count). The van der Waals surface area contributed by atoms with Crippen LogP contribution in [-0.2, 0) is 4.74 Å². The lowest BCUT2D eigenvalue weighted by Crippen LogP contribution is -2.40. The maximum absolute atomic E-state index is 12.7. The number of amides is 1. The molecule has 4 aromatic rings. The number of para-hydroxylation sites is 1. The second-order valence-electron chi connectivity index (χ2n) is 6.83. The van der Waals surface area contributed by atoms with Gasteiger partial charge in [-0.3, -0.25) is 9.89 Å². The zero-order valence-electron chi connectivity index (χ0n) is 16.3. The monoisotopic (exact) mass is 421 g/mol. The molecule has 0 spiro atoms. The second-order valence-corrected chi connectivity index (χ2v) is 7.86. The van der Waals surface area contributed by atoms with Gasteiger partial charge < -0.3 is 14.4 Å². The average molecular weight is 421 g/mol. The summed E-state index contributed by atoms with van der Waals surface area (Å²) in [7, 11) is 1.64. The minimum atomic E-state index is -0.00545. The molecule has 0 saturated carbocycles. The first-order chi connectivity index (χ1) is 14.7. The molecule has 0 radical (unpaired) electrons. The van der Waals surface area contributed by atoms with E-state index in [4.69, 9.17) is 9.47 Å². The summed E-state index contributed by atoms with van der Waals surface area (Å²) >= 11 is 1.37. The van der Waals surface area contributed by atoms with Crippen molar-refractivity contribution in [2.45, 2.75) is 0 Å². The Hall–Kier alpha value is -3.30. The number of fused-ring (bicyclic) bond motifs is 1. The van der Waals surface area contributed by atoms with Crippen molar-refractivity contribution in [1.82, 2.24) is 25.1 Å². The number of hydrogen-bond donors (Lipinski definition) is 1. The molecule has 0 aliphatic carbocycles. The maximum atomic E-state index is 12.7. The van der Waals surface area contributed by atoms with Crippen LogP contribution in [0.1, 0.15) is 9.67 Å². The molecule has 1 fully saturated rings. The van der Waals surface area contributed by atoms with E-state index in [2.05, 4.69) is 20.2 Å². The molecule has 1 saturated heterocycles. The summed E-state index contributed by atoms with van der Waals surface area (Å²) in [6, 6.07) is 9.75. The summed E-state index contributed by atoms with van der Waals surface area (Å²) in [6.07, 6.45) is 3.37. The Kier molecular flexibility index (Phi) is 4.89. The van der Waals surface area contributed by atoms with Crippen LogP contribution in [0.3, 0.4) is 0 Å². The van der Waals surface area contributed by atoms with Gasteiger partial charge in [0.1, 0.15) is 15.6 Å². The van der Waals surface area contributed by atoms with Gasteiger partial charge in [-0.15, -0.1) is 11.3 Å². The topological polar surface area (TPSA) is 93.2 Å². The molecule has 0 unspecified atom stereocenters. The van der Waals surface area contributed by atoms with E-state index in [1.807, 2.05) is 30.3 Å². The van der Waals surface area contributed by atoms with Gasteiger partial charge in [0.15, 0.2) is 5.65 Å². The largest absolute Gasteiger partial charge is 0.496 e. The number of carbonyl (C=O) groups is 1. The van der Waals surface area contributed by atoms with Gasteiger partial charge in [0.25, 0.3) is 5.91 Å². The predicted molar refractivity (Wildman–Crippen MR) is 114 cm³/mol. The lowest BCUT2D eigenvalue weighted by atomic mass is 10.1. The van der Waals surface area contributed by atoms with E-state index in [0.717, 1.165) is 33.0 Å². The number of aromatic amines is 1. The van der Waals surface area contributed by atoms with Gasteiger partial charge >= 0.3 is 0 Å². The van der Waals surface area contributed by atoms with E-state index in [0.29, 0.717) is 36.8 Å². The van der Waals surface area contributed by atoms with Crippen LogP contribution in [0.25, 0.3) is 32.9 Å². The Labute approximate surface area is 176 Å². The number of morpholine rings is 1. The van der Waals surface area contributed by atoms with E-state index in [1.54, 1.807) is 24.4 Å². The number of H-pyrrole nitrogens is 1. The molecule has 0 bridgehead atoms. The van der Waals surface area contributed by atoms with Gasteiger partial charge in [-0.2, -0.15) is 5.10 Å². The molecule has 1 amide bonds. The minimum Gasteiger partial charge on any atom is -0.496 e. The fourth-order valence-electron chi connectivity index (χ4n) is 3.50. The third-order valence-electron chi connectivity index (χ3n) is 5.05. The number of pyridine rings is 1. The van der Waals surface area contributed by atoms with Crippen LogP contribution >= 0.6 is 11.3 Å². The number of benzene rings is 1. The molecular weight excluding hydrogens is 402 g/mol. The van der Waals surface area contributed by atoms with Crippen LogP contribution in [0, 0.1) is 0 Å². The Balaban J connectivity index is 1.50. The van der Waals surface area contributed by atoms with Crippen LogP contribution in [0.2, 0.25) is 0 Å². The molecule has 30 heavy (non-hydrogen) atoms. The van der Waals surface area contributed by atoms with Crippen LogP contribution in [0.4, 0.5) is 0 Å². The summed E-state index contributed by atoms with van der Waals surface area (Å²) < 4.78 is 10.8. The Morgan fingerprint density at radius 1 is 1.20 bits per heavy atom. The lowest BCUT2D eigenvalue weighted by molar-refractivity contribution is 0.0306. The van der Waals surface area contributed by atoms with E-state index < -0.39 is 0 Å². The highest BCUT2D eigenvalue weighted by Gasteiger charge is 2.21. The molecule has 9 heteroatoms. The zero-order chi connectivity index (χ0) is 20.5. The number of methoxy groups -OCH3 is 1. The molecule has 152 valence electrons. The number of ether oxygens (including phenoxy) is 2. The lowest BCUT2D eigenvalue weighted by Gasteiger charge is -2.26. The smallest absolute Gasteiger partial charge is 0.265 e. The molecule has 1 aromatic carbocycles. The molecule has 8 nitrogen and oxygen atoms in total. The van der Waals surface area contributed by atoms with Gasteiger partial charge in [-0.25, -0.2) is 9.97 Å². The van der Waals surface area contributed by atoms with Gasteiger partial charge in [0, 0.05) is 35.8 Å². The highest BCUT2D eigenvalue weighted by atomic mass is 32.1. The van der Waals surface area contributed by atoms with Gasteiger partial charge in [0.2, 0.25) is 0 Å². The third kappa shape index (κ3) is 3.31. The molecule has 1 aliphatic heterocycles. The fourth-order valence-corrected chi connectivity index (χ4v) is 4.37. The summed E-state index contributed by atoms with van der Waals surface area (Å²) in [5, 5.41) is 9.00. The minimum absolute atomic E-state index is 0.00545. The van der Waals surface area contributed by atoms with E-state index in [9.17, 15) is 4.79 Å². The van der Waals surface area contributed by atoms with Crippen molar-refractivity contribution in [2.24, 2.45) is 0 Å². The number of rotatable bonds is 4. The molecule has 0 atom stereocenters. The number of nitrogens with zero attached hydrogens (tertiary/aromatic N) is 4. The van der Waals surface area contributed by atoms with Crippen molar-refractivity contribution >= 4 is 28.3 Å². The van der Waals surface area contributed by atoms with Gasteiger partial charge in [-0.1, -0.05) is 12.1 Å². The van der Waals surface area contributed by atoms with Gasteiger partial charge in [0.05, 0.1) is 32.2 Å². The average Bonchev–Trinajstić information content (AvgIpc) is 3.46. The summed E-state index contributed by atoms with van der Waals surface area (Å²) in [5.41, 5.74) is 3.19. The maximum Gasteiger partial charge on any atom is 0.265 e. The number of thiazole rings is 1. The summed E-state index contributed by atoms with van der Waals surface area (Å²) in [6.45, 7) is 2.36. The highest BCUT2D eigenvalue weighted by molar-refractivity contribution is 7.16. The van der Waals surface area contributed by atoms with Gasteiger partial charge in [-0.05, 0) is 18.2 Å². The molecule has 1 aliphatic rings. The second kappa shape index (κ2) is 7.85. The first-order valence-electron chi connectivity index (χ1n) is 9.55. The van der Waals surface area contributed by atoms with Crippen molar-refractivity contribution in [3.63, 3.8) is 0 Å². The number of hydrogen-bond acceptors (Lipinski definition) is 7. The zero-order valence-corrected chi connectivity index (χ0v) is 17.1. The van der Waals surface area contributed by atoms with Crippen LogP contribution in [0.15, 0.2) is 42.7 Å². The first kappa shape index (κ1) is 18.7. The number of nitrogens with one attached hydrogen (secondary N) is 1. The normalized spacial score (nSPS) is 14.2. The molecular formula is C21H19N5O3S. The predicted octanol–water partition coefficient (Wildman–Crippen LogP) is 3.23. The van der Waals surface area contributed by atoms with E-state index in [-0.39, 0.29) is 5.91 Å². The third-order valence-corrected chi connectivity index (χ3v) is 6.08. The quantitative estimate of drug-likeness (QED) is 0.544. The summed E-state index contributed by atoms with van der Waals surface area (Å²) in [5.74, 6) is 0.746. The fraction of sp³-hybridized carbons (Fsp3) is 0.238. The van der Waals surface area contributed by atoms with Crippen molar-refractivity contribution in [3.8, 4) is 27.6 Å². The first-order valence-corrected chi connectivity index (χ1v) is 10.4. The van der Waals surface area contributed by atoms with Crippen LogP contribution in [-0.4, -0.2) is 64.4 Å². The van der Waals surface area contributed by atoms with E-state index in [1.165, 1.54) is 11.3 Å².